The molecule has 90 valence electrons. The van der Waals surface area contributed by atoms with E-state index in [-0.39, 0.29) is 0 Å². The van der Waals surface area contributed by atoms with Crippen molar-refractivity contribution in [3.63, 3.8) is 0 Å². The molecule has 0 amide bonds. The Hall–Kier alpha value is -0.570. The Labute approximate surface area is 103 Å². The molecule has 0 aliphatic rings. The van der Waals surface area contributed by atoms with Gasteiger partial charge in [0.25, 0.3) is 0 Å². The van der Waals surface area contributed by atoms with Gasteiger partial charge in [0.15, 0.2) is 0 Å². The lowest BCUT2D eigenvalue weighted by Gasteiger charge is -2.14. The Balaban J connectivity index is 2.27. The fraction of sp³-hybridized carbons (Fsp3) is 0.538. The van der Waals surface area contributed by atoms with E-state index in [0.29, 0.717) is 12.6 Å². The van der Waals surface area contributed by atoms with Crippen LogP contribution in [0.2, 0.25) is 5.02 Å². The highest BCUT2D eigenvalue weighted by atomic mass is 35.5. The molecular weight excluding hydrogens is 222 g/mol. The van der Waals surface area contributed by atoms with Crippen LogP contribution in [0.3, 0.4) is 0 Å². The molecule has 0 heterocycles. The summed E-state index contributed by atoms with van der Waals surface area (Å²) in [7, 11) is 0. The van der Waals surface area contributed by atoms with Gasteiger partial charge in [-0.25, -0.2) is 0 Å². The molecule has 16 heavy (non-hydrogen) atoms. The van der Waals surface area contributed by atoms with Crippen LogP contribution >= 0.6 is 11.6 Å². The molecule has 0 saturated carbocycles. The van der Waals surface area contributed by atoms with E-state index in [1.807, 2.05) is 18.2 Å². The summed E-state index contributed by atoms with van der Waals surface area (Å²) in [6.07, 6.45) is 3.07. The number of hydrogen-bond donors (Lipinski definition) is 2. The second-order valence-corrected chi connectivity index (χ2v) is 4.45. The SMILES string of the molecule is CC(NCCCCCO)c1cccc(Cl)c1. The monoisotopic (exact) mass is 241 g/mol. The minimum absolute atomic E-state index is 0.295. The van der Waals surface area contributed by atoms with Crippen molar-refractivity contribution in [3.8, 4) is 0 Å². The van der Waals surface area contributed by atoms with Gasteiger partial charge in [0, 0.05) is 17.7 Å². The van der Waals surface area contributed by atoms with Gasteiger partial charge in [0.1, 0.15) is 0 Å². The van der Waals surface area contributed by atoms with Crippen molar-refractivity contribution in [2.75, 3.05) is 13.2 Å². The number of rotatable bonds is 7. The summed E-state index contributed by atoms with van der Waals surface area (Å²) in [4.78, 5) is 0. The number of halogens is 1. The van der Waals surface area contributed by atoms with E-state index in [2.05, 4.69) is 18.3 Å². The Morgan fingerprint density at radius 3 is 2.81 bits per heavy atom. The van der Waals surface area contributed by atoms with Crippen LogP contribution in [0.1, 0.15) is 37.8 Å². The van der Waals surface area contributed by atoms with Crippen molar-refractivity contribution in [2.45, 2.75) is 32.2 Å². The lowest BCUT2D eigenvalue weighted by atomic mass is 10.1. The number of nitrogens with one attached hydrogen (secondary N) is 1. The predicted molar refractivity (Wildman–Crippen MR) is 68.8 cm³/mol. The Kier molecular flexibility index (Phi) is 6.46. The molecule has 0 fully saturated rings. The standard InChI is InChI=1S/C13H20ClNO/c1-11(15-8-3-2-4-9-16)12-6-5-7-13(14)10-12/h5-7,10-11,15-16H,2-4,8-9H2,1H3. The van der Waals surface area contributed by atoms with E-state index in [1.165, 1.54) is 5.56 Å². The first kappa shape index (κ1) is 13.5. The fourth-order valence-corrected chi connectivity index (χ4v) is 1.82. The fourth-order valence-electron chi connectivity index (χ4n) is 1.63. The smallest absolute Gasteiger partial charge is 0.0431 e. The molecule has 1 aromatic carbocycles. The molecule has 1 rings (SSSR count). The first-order valence-electron chi connectivity index (χ1n) is 5.83. The van der Waals surface area contributed by atoms with Gasteiger partial charge in [-0.15, -0.1) is 0 Å². The topological polar surface area (TPSA) is 32.3 Å². The second kappa shape index (κ2) is 7.66. The van der Waals surface area contributed by atoms with Crippen molar-refractivity contribution in [2.24, 2.45) is 0 Å². The molecule has 1 atom stereocenters. The Morgan fingerprint density at radius 1 is 1.31 bits per heavy atom. The van der Waals surface area contributed by atoms with Gasteiger partial charge in [-0.3, -0.25) is 0 Å². The van der Waals surface area contributed by atoms with Crippen LogP contribution in [0.5, 0.6) is 0 Å². The van der Waals surface area contributed by atoms with Crippen LogP contribution < -0.4 is 5.32 Å². The molecule has 0 radical (unpaired) electrons. The largest absolute Gasteiger partial charge is 0.396 e. The summed E-state index contributed by atoms with van der Waals surface area (Å²) in [5.41, 5.74) is 1.22. The highest BCUT2D eigenvalue weighted by molar-refractivity contribution is 6.30. The van der Waals surface area contributed by atoms with Crippen LogP contribution in [0.4, 0.5) is 0 Å². The van der Waals surface area contributed by atoms with E-state index >= 15 is 0 Å². The first-order valence-corrected chi connectivity index (χ1v) is 6.21. The first-order chi connectivity index (χ1) is 7.74. The van der Waals surface area contributed by atoms with Crippen LogP contribution in [0, 0.1) is 0 Å². The number of unbranched alkanes of at least 4 members (excludes halogenated alkanes) is 2. The minimum atomic E-state index is 0.295. The van der Waals surface area contributed by atoms with E-state index in [0.717, 1.165) is 30.8 Å². The average Bonchev–Trinajstić information content (AvgIpc) is 2.28. The molecule has 0 aliphatic heterocycles. The van der Waals surface area contributed by atoms with Gasteiger partial charge in [0.2, 0.25) is 0 Å². The molecule has 0 aromatic heterocycles. The lowest BCUT2D eigenvalue weighted by Crippen LogP contribution is -2.19. The van der Waals surface area contributed by atoms with E-state index < -0.39 is 0 Å². The molecule has 0 aliphatic carbocycles. The zero-order valence-electron chi connectivity index (χ0n) is 9.75. The third kappa shape index (κ3) is 4.97. The van der Waals surface area contributed by atoms with Crippen molar-refractivity contribution < 1.29 is 5.11 Å². The summed E-state index contributed by atoms with van der Waals surface area (Å²) in [6, 6.07) is 8.26. The molecule has 3 heteroatoms. The minimum Gasteiger partial charge on any atom is -0.396 e. The van der Waals surface area contributed by atoms with Crippen molar-refractivity contribution in [1.82, 2.24) is 5.32 Å². The maximum absolute atomic E-state index is 8.65. The molecule has 2 N–H and O–H groups in total. The molecule has 0 spiro atoms. The number of benzene rings is 1. The summed E-state index contributed by atoms with van der Waals surface area (Å²) in [6.45, 7) is 3.41. The maximum atomic E-state index is 8.65. The molecule has 0 saturated heterocycles. The Morgan fingerprint density at radius 2 is 2.12 bits per heavy atom. The van der Waals surface area contributed by atoms with E-state index in [1.54, 1.807) is 0 Å². The van der Waals surface area contributed by atoms with Crippen LogP contribution in [-0.4, -0.2) is 18.3 Å². The lowest BCUT2D eigenvalue weighted by molar-refractivity contribution is 0.282. The molecule has 1 aromatic rings. The second-order valence-electron chi connectivity index (χ2n) is 4.02. The summed E-state index contributed by atoms with van der Waals surface area (Å²) < 4.78 is 0. The van der Waals surface area contributed by atoms with Gasteiger partial charge in [-0.05, 0) is 50.4 Å². The average molecular weight is 242 g/mol. The van der Waals surface area contributed by atoms with Crippen molar-refractivity contribution in [1.29, 1.82) is 0 Å². The van der Waals surface area contributed by atoms with Crippen LogP contribution in [-0.2, 0) is 0 Å². The summed E-state index contributed by atoms with van der Waals surface area (Å²) in [5.74, 6) is 0. The van der Waals surface area contributed by atoms with Crippen LogP contribution in [0.15, 0.2) is 24.3 Å². The summed E-state index contributed by atoms with van der Waals surface area (Å²) in [5, 5.41) is 12.9. The number of aliphatic hydroxyl groups is 1. The highest BCUT2D eigenvalue weighted by Crippen LogP contribution is 2.17. The van der Waals surface area contributed by atoms with Crippen LogP contribution in [0.25, 0.3) is 0 Å². The third-order valence-corrected chi connectivity index (χ3v) is 2.87. The van der Waals surface area contributed by atoms with Crippen molar-refractivity contribution in [3.05, 3.63) is 34.9 Å². The van der Waals surface area contributed by atoms with Gasteiger partial charge < -0.3 is 10.4 Å². The molecular formula is C13H20ClNO. The quantitative estimate of drug-likeness (QED) is 0.719. The van der Waals surface area contributed by atoms with E-state index in [4.69, 9.17) is 16.7 Å². The number of aliphatic hydroxyl groups excluding tert-OH is 1. The maximum Gasteiger partial charge on any atom is 0.0431 e. The molecule has 1 unspecified atom stereocenters. The highest BCUT2D eigenvalue weighted by Gasteiger charge is 2.03. The van der Waals surface area contributed by atoms with Gasteiger partial charge in [0.05, 0.1) is 0 Å². The molecule has 2 nitrogen and oxygen atoms in total. The summed E-state index contributed by atoms with van der Waals surface area (Å²) >= 11 is 5.94. The molecule has 0 bridgehead atoms. The normalized spacial score (nSPS) is 12.7. The zero-order chi connectivity index (χ0) is 11.8. The predicted octanol–water partition coefficient (Wildman–Crippen LogP) is 3.15. The third-order valence-electron chi connectivity index (χ3n) is 2.63. The Bertz CT molecular complexity index is 304. The van der Waals surface area contributed by atoms with E-state index in [9.17, 15) is 0 Å². The van der Waals surface area contributed by atoms with Gasteiger partial charge >= 0.3 is 0 Å². The van der Waals surface area contributed by atoms with Crippen molar-refractivity contribution >= 4 is 11.6 Å². The number of hydrogen-bond acceptors (Lipinski definition) is 2. The van der Waals surface area contributed by atoms with Gasteiger partial charge in [-0.2, -0.15) is 0 Å². The van der Waals surface area contributed by atoms with Gasteiger partial charge in [-0.1, -0.05) is 23.7 Å². The zero-order valence-corrected chi connectivity index (χ0v) is 10.5.